The molecule has 0 saturated carbocycles. The predicted molar refractivity (Wildman–Crippen MR) is 91.3 cm³/mol. The Labute approximate surface area is 147 Å². The monoisotopic (exact) mass is 347 g/mol. The molecule has 1 unspecified atom stereocenters. The molecule has 3 amide bonds. The zero-order chi connectivity index (χ0) is 17.6. The van der Waals surface area contributed by atoms with Crippen molar-refractivity contribution in [2.75, 3.05) is 31.2 Å². The van der Waals surface area contributed by atoms with Crippen molar-refractivity contribution in [3.8, 4) is 0 Å². The Bertz CT molecular complexity index is 694. The summed E-state index contributed by atoms with van der Waals surface area (Å²) in [5.74, 6) is 0.962. The largest absolute Gasteiger partial charge is 0.381 e. The van der Waals surface area contributed by atoms with Gasteiger partial charge in [0.2, 0.25) is 0 Å². The number of hydrogen-bond acceptors (Lipinski definition) is 5. The van der Waals surface area contributed by atoms with Gasteiger partial charge in [-0.1, -0.05) is 0 Å². The number of rotatable bonds is 2. The lowest BCUT2D eigenvalue weighted by atomic mass is 9.89. The molecule has 1 aromatic heterocycles. The number of ether oxygens (including phenoxy) is 1. The van der Waals surface area contributed by atoms with Crippen LogP contribution in [-0.2, 0) is 16.6 Å². The van der Waals surface area contributed by atoms with E-state index in [4.69, 9.17) is 4.74 Å². The Balaban J connectivity index is 1.54. The van der Waals surface area contributed by atoms with Crippen LogP contribution in [0.3, 0.4) is 0 Å². The third-order valence-electron chi connectivity index (χ3n) is 5.60. The lowest BCUT2D eigenvalue weighted by molar-refractivity contribution is -0.136. The number of nitrogens with zero attached hydrogens (tertiary/aromatic N) is 4. The molecular formula is C17H25N5O3. The number of carbonyl (C=O) groups is 2. The van der Waals surface area contributed by atoms with Crippen LogP contribution in [0.15, 0.2) is 6.07 Å². The Kier molecular flexibility index (Phi) is 3.94. The van der Waals surface area contributed by atoms with Gasteiger partial charge in [-0.15, -0.1) is 0 Å². The molecule has 8 nitrogen and oxygen atoms in total. The molecule has 3 aliphatic heterocycles. The van der Waals surface area contributed by atoms with Gasteiger partial charge in [0.15, 0.2) is 0 Å². The van der Waals surface area contributed by atoms with Gasteiger partial charge in [-0.3, -0.25) is 14.4 Å². The smallest absolute Gasteiger partial charge is 0.325 e. The molecule has 4 heterocycles. The summed E-state index contributed by atoms with van der Waals surface area (Å²) in [5, 5.41) is 7.37. The van der Waals surface area contributed by atoms with Crippen LogP contribution < -0.4 is 10.2 Å². The molecular weight excluding hydrogens is 322 g/mol. The van der Waals surface area contributed by atoms with Crippen LogP contribution >= 0.6 is 0 Å². The number of aromatic nitrogens is 2. The third-order valence-corrected chi connectivity index (χ3v) is 5.60. The van der Waals surface area contributed by atoms with Crippen molar-refractivity contribution in [3.05, 3.63) is 11.8 Å². The van der Waals surface area contributed by atoms with Crippen LogP contribution in [0.1, 0.15) is 31.4 Å². The number of anilines is 1. The SMILES string of the molecule is Cc1cc(N2CCCC(N3C(=O)NC4(CCOCC4)C3=O)C2)n(C)n1. The highest BCUT2D eigenvalue weighted by Gasteiger charge is 2.54. The molecule has 1 spiro atoms. The minimum Gasteiger partial charge on any atom is -0.381 e. The summed E-state index contributed by atoms with van der Waals surface area (Å²) in [6.07, 6.45) is 2.91. The van der Waals surface area contributed by atoms with E-state index in [0.29, 0.717) is 32.6 Å². The van der Waals surface area contributed by atoms with Crippen molar-refractivity contribution in [3.63, 3.8) is 0 Å². The molecule has 3 saturated heterocycles. The zero-order valence-corrected chi connectivity index (χ0v) is 14.8. The molecule has 1 N–H and O–H groups in total. The molecule has 1 aromatic rings. The summed E-state index contributed by atoms with van der Waals surface area (Å²) >= 11 is 0. The van der Waals surface area contributed by atoms with E-state index >= 15 is 0 Å². The Morgan fingerprint density at radius 1 is 1.32 bits per heavy atom. The number of aryl methyl sites for hydroxylation is 2. The molecule has 0 radical (unpaired) electrons. The van der Waals surface area contributed by atoms with Gasteiger partial charge < -0.3 is 15.0 Å². The zero-order valence-electron chi connectivity index (χ0n) is 14.8. The first-order valence-electron chi connectivity index (χ1n) is 8.99. The predicted octanol–water partition coefficient (Wildman–Crippen LogP) is 0.798. The third kappa shape index (κ3) is 2.68. The van der Waals surface area contributed by atoms with Gasteiger partial charge in [0.05, 0.1) is 11.7 Å². The number of carbonyl (C=O) groups excluding carboxylic acids is 2. The molecule has 3 aliphatic rings. The summed E-state index contributed by atoms with van der Waals surface area (Å²) in [6, 6.07) is 1.70. The van der Waals surface area contributed by atoms with E-state index in [9.17, 15) is 9.59 Å². The molecule has 0 aliphatic carbocycles. The first-order valence-corrected chi connectivity index (χ1v) is 8.99. The standard InChI is InChI=1S/C17H25N5O3/c1-12-10-14(20(2)19-12)21-7-3-4-13(11-21)22-15(23)17(18-16(22)24)5-8-25-9-6-17/h10,13H,3-9,11H2,1-2H3,(H,18,24). The van der Waals surface area contributed by atoms with Crippen molar-refractivity contribution < 1.29 is 14.3 Å². The second-order valence-corrected chi connectivity index (χ2v) is 7.31. The average molecular weight is 347 g/mol. The van der Waals surface area contributed by atoms with Crippen LogP contribution in [-0.4, -0.2) is 64.5 Å². The highest BCUT2D eigenvalue weighted by atomic mass is 16.5. The maximum Gasteiger partial charge on any atom is 0.325 e. The summed E-state index contributed by atoms with van der Waals surface area (Å²) in [5.41, 5.74) is 0.219. The second kappa shape index (κ2) is 6.01. The topological polar surface area (TPSA) is 79.7 Å². The summed E-state index contributed by atoms with van der Waals surface area (Å²) in [6.45, 7) is 4.58. The van der Waals surface area contributed by atoms with E-state index in [2.05, 4.69) is 15.3 Å². The van der Waals surface area contributed by atoms with Gasteiger partial charge in [0, 0.05) is 52.3 Å². The van der Waals surface area contributed by atoms with E-state index in [-0.39, 0.29) is 18.0 Å². The Morgan fingerprint density at radius 2 is 2.08 bits per heavy atom. The first kappa shape index (κ1) is 16.4. The van der Waals surface area contributed by atoms with E-state index in [1.54, 1.807) is 0 Å². The lowest BCUT2D eigenvalue weighted by Gasteiger charge is -2.38. The molecule has 4 rings (SSSR count). The van der Waals surface area contributed by atoms with Gasteiger partial charge in [-0.25, -0.2) is 4.79 Å². The fourth-order valence-corrected chi connectivity index (χ4v) is 4.30. The molecule has 136 valence electrons. The minimum absolute atomic E-state index is 0.0752. The minimum atomic E-state index is -0.749. The normalized spacial score (nSPS) is 26.4. The fourth-order valence-electron chi connectivity index (χ4n) is 4.30. The fraction of sp³-hybridized carbons (Fsp3) is 0.706. The summed E-state index contributed by atoms with van der Waals surface area (Å²) < 4.78 is 7.24. The molecule has 0 aromatic carbocycles. The van der Waals surface area contributed by atoms with Gasteiger partial charge in [-0.05, 0) is 19.8 Å². The van der Waals surface area contributed by atoms with Crippen LogP contribution in [0.5, 0.6) is 0 Å². The van der Waals surface area contributed by atoms with E-state index in [1.807, 2.05) is 24.7 Å². The van der Waals surface area contributed by atoms with Crippen molar-refractivity contribution >= 4 is 17.8 Å². The maximum atomic E-state index is 13.1. The first-order chi connectivity index (χ1) is 12.0. The van der Waals surface area contributed by atoms with Gasteiger partial charge in [0.1, 0.15) is 11.4 Å². The van der Waals surface area contributed by atoms with Crippen molar-refractivity contribution in [1.82, 2.24) is 20.0 Å². The maximum absolute atomic E-state index is 13.1. The number of piperidine rings is 1. The van der Waals surface area contributed by atoms with Gasteiger partial charge in [0.25, 0.3) is 5.91 Å². The molecule has 3 fully saturated rings. The highest BCUT2D eigenvalue weighted by molar-refractivity contribution is 6.07. The summed E-state index contributed by atoms with van der Waals surface area (Å²) in [4.78, 5) is 29.3. The summed E-state index contributed by atoms with van der Waals surface area (Å²) in [7, 11) is 1.93. The second-order valence-electron chi connectivity index (χ2n) is 7.31. The van der Waals surface area contributed by atoms with Crippen LogP contribution in [0.4, 0.5) is 10.6 Å². The highest BCUT2D eigenvalue weighted by Crippen LogP contribution is 2.32. The Morgan fingerprint density at radius 3 is 2.76 bits per heavy atom. The van der Waals surface area contributed by atoms with Crippen LogP contribution in [0.2, 0.25) is 0 Å². The quantitative estimate of drug-likeness (QED) is 0.801. The van der Waals surface area contributed by atoms with Gasteiger partial charge >= 0.3 is 6.03 Å². The lowest BCUT2D eigenvalue weighted by Crippen LogP contribution is -2.54. The van der Waals surface area contributed by atoms with E-state index in [1.165, 1.54) is 4.90 Å². The number of amides is 3. The number of urea groups is 1. The van der Waals surface area contributed by atoms with E-state index < -0.39 is 5.54 Å². The number of imide groups is 1. The molecule has 8 heteroatoms. The van der Waals surface area contributed by atoms with Crippen molar-refractivity contribution in [2.24, 2.45) is 7.05 Å². The van der Waals surface area contributed by atoms with E-state index in [0.717, 1.165) is 30.9 Å². The number of nitrogens with one attached hydrogen (secondary N) is 1. The van der Waals surface area contributed by atoms with Crippen LogP contribution in [0, 0.1) is 6.92 Å². The van der Waals surface area contributed by atoms with Crippen molar-refractivity contribution in [2.45, 2.75) is 44.2 Å². The molecule has 25 heavy (non-hydrogen) atoms. The molecule has 1 atom stereocenters. The Hall–Kier alpha value is -2.09. The van der Waals surface area contributed by atoms with Crippen molar-refractivity contribution in [1.29, 1.82) is 0 Å². The average Bonchev–Trinajstić information content (AvgIpc) is 3.05. The van der Waals surface area contributed by atoms with Gasteiger partial charge in [-0.2, -0.15) is 5.10 Å². The molecule has 0 bridgehead atoms. The van der Waals surface area contributed by atoms with Crippen LogP contribution in [0.25, 0.3) is 0 Å². The number of hydrogen-bond donors (Lipinski definition) is 1.